The average molecular weight is 270 g/mol. The summed E-state index contributed by atoms with van der Waals surface area (Å²) in [5.74, 6) is -0.126. The first-order valence-electron chi connectivity index (χ1n) is 5.47. The van der Waals surface area contributed by atoms with Crippen molar-refractivity contribution in [2.45, 2.75) is 20.8 Å². The number of carbonyl (C=O) groups excluding carboxylic acids is 1. The lowest BCUT2D eigenvalue weighted by Crippen LogP contribution is -2.27. The van der Waals surface area contributed by atoms with Gasteiger partial charge in [-0.1, -0.05) is 26.8 Å². The largest absolute Gasteiger partial charge is 0.326 e. The van der Waals surface area contributed by atoms with E-state index in [1.807, 2.05) is 0 Å². The Morgan fingerprint density at radius 3 is 2.22 bits per heavy atom. The van der Waals surface area contributed by atoms with Crippen LogP contribution >= 0.6 is 0 Å². The van der Waals surface area contributed by atoms with Crippen molar-refractivity contribution in [2.24, 2.45) is 5.41 Å². The summed E-state index contributed by atoms with van der Waals surface area (Å²) in [6.07, 6.45) is 1.08. The molecule has 0 heterocycles. The van der Waals surface area contributed by atoms with Gasteiger partial charge in [0.2, 0.25) is 15.9 Å². The minimum Gasteiger partial charge on any atom is -0.326 e. The Bertz CT molecular complexity index is 545. The molecule has 1 amide bonds. The van der Waals surface area contributed by atoms with E-state index in [-0.39, 0.29) is 5.91 Å². The molecule has 1 aromatic rings. The predicted molar refractivity (Wildman–Crippen MR) is 73.0 cm³/mol. The zero-order valence-corrected chi connectivity index (χ0v) is 11.8. The smallest absolute Gasteiger partial charge is 0.229 e. The highest BCUT2D eigenvalue weighted by Gasteiger charge is 2.21. The van der Waals surface area contributed by atoms with Crippen molar-refractivity contribution >= 4 is 27.3 Å². The number of sulfonamides is 1. The molecular formula is C12H18N2O3S. The number of hydrogen-bond donors (Lipinski definition) is 2. The molecule has 0 spiro atoms. The molecular weight excluding hydrogens is 252 g/mol. The van der Waals surface area contributed by atoms with Gasteiger partial charge in [-0.25, -0.2) is 8.42 Å². The number of nitrogens with one attached hydrogen (secondary N) is 2. The second-order valence-electron chi connectivity index (χ2n) is 5.16. The van der Waals surface area contributed by atoms with Crippen LogP contribution in [0.25, 0.3) is 0 Å². The third-order valence-corrected chi connectivity index (χ3v) is 2.71. The highest BCUT2D eigenvalue weighted by molar-refractivity contribution is 7.92. The van der Waals surface area contributed by atoms with Crippen LogP contribution in [0.5, 0.6) is 0 Å². The van der Waals surface area contributed by atoms with Crippen molar-refractivity contribution in [1.82, 2.24) is 0 Å². The summed E-state index contributed by atoms with van der Waals surface area (Å²) in [6, 6.07) is 6.57. The van der Waals surface area contributed by atoms with Crippen LogP contribution in [0.4, 0.5) is 11.4 Å². The normalized spacial score (nSPS) is 12.0. The fraction of sp³-hybridized carbons (Fsp3) is 0.417. The highest BCUT2D eigenvalue weighted by atomic mass is 32.2. The molecule has 0 aliphatic heterocycles. The van der Waals surface area contributed by atoms with E-state index < -0.39 is 15.4 Å². The second-order valence-corrected chi connectivity index (χ2v) is 6.91. The Kier molecular flexibility index (Phi) is 4.01. The van der Waals surface area contributed by atoms with Crippen molar-refractivity contribution in [3.8, 4) is 0 Å². The molecule has 1 rings (SSSR count). The number of amides is 1. The molecule has 0 saturated carbocycles. The molecule has 100 valence electrons. The highest BCUT2D eigenvalue weighted by Crippen LogP contribution is 2.20. The third kappa shape index (κ3) is 4.75. The van der Waals surface area contributed by atoms with Gasteiger partial charge in [0.25, 0.3) is 0 Å². The summed E-state index contributed by atoms with van der Waals surface area (Å²) < 4.78 is 24.5. The molecule has 0 aliphatic carbocycles. The van der Waals surface area contributed by atoms with Crippen LogP contribution in [-0.2, 0) is 14.8 Å². The van der Waals surface area contributed by atoms with Gasteiger partial charge in [-0.2, -0.15) is 0 Å². The van der Waals surface area contributed by atoms with E-state index in [2.05, 4.69) is 10.0 Å². The van der Waals surface area contributed by atoms with Crippen LogP contribution in [0.3, 0.4) is 0 Å². The zero-order valence-electron chi connectivity index (χ0n) is 10.9. The van der Waals surface area contributed by atoms with Crippen LogP contribution in [0.15, 0.2) is 24.3 Å². The van der Waals surface area contributed by atoms with Crippen molar-refractivity contribution < 1.29 is 13.2 Å². The minimum atomic E-state index is -3.31. The van der Waals surface area contributed by atoms with E-state index in [0.29, 0.717) is 11.4 Å². The van der Waals surface area contributed by atoms with Crippen LogP contribution in [0, 0.1) is 5.41 Å². The third-order valence-electron chi connectivity index (χ3n) is 2.10. The summed E-state index contributed by atoms with van der Waals surface area (Å²) in [7, 11) is -3.31. The first-order valence-corrected chi connectivity index (χ1v) is 7.36. The molecule has 6 heteroatoms. The second kappa shape index (κ2) is 4.97. The van der Waals surface area contributed by atoms with Gasteiger partial charge in [-0.05, 0) is 18.2 Å². The van der Waals surface area contributed by atoms with Gasteiger partial charge >= 0.3 is 0 Å². The Hall–Kier alpha value is -1.56. The molecule has 0 atom stereocenters. The standard InChI is InChI=1S/C12H18N2O3S/c1-12(2,3)11(15)13-9-6-5-7-10(8-9)14-18(4,16)17/h5-8,14H,1-4H3,(H,13,15). The van der Waals surface area contributed by atoms with E-state index in [1.54, 1.807) is 45.0 Å². The van der Waals surface area contributed by atoms with Gasteiger partial charge in [-0.3, -0.25) is 9.52 Å². The van der Waals surface area contributed by atoms with Crippen LogP contribution in [-0.4, -0.2) is 20.6 Å². The lowest BCUT2D eigenvalue weighted by atomic mass is 9.95. The maximum absolute atomic E-state index is 11.8. The molecule has 0 bridgehead atoms. The van der Waals surface area contributed by atoms with E-state index in [9.17, 15) is 13.2 Å². The van der Waals surface area contributed by atoms with Gasteiger partial charge in [0.15, 0.2) is 0 Å². The molecule has 2 N–H and O–H groups in total. The molecule has 0 aliphatic rings. The van der Waals surface area contributed by atoms with Crippen molar-refractivity contribution in [2.75, 3.05) is 16.3 Å². The molecule has 0 aromatic heterocycles. The van der Waals surface area contributed by atoms with Crippen LogP contribution in [0.1, 0.15) is 20.8 Å². The predicted octanol–water partition coefficient (Wildman–Crippen LogP) is 2.04. The van der Waals surface area contributed by atoms with Crippen molar-refractivity contribution in [1.29, 1.82) is 0 Å². The monoisotopic (exact) mass is 270 g/mol. The summed E-state index contributed by atoms with van der Waals surface area (Å²) in [5, 5.41) is 2.73. The number of carbonyl (C=O) groups is 1. The van der Waals surface area contributed by atoms with E-state index in [1.165, 1.54) is 0 Å². The average Bonchev–Trinajstić information content (AvgIpc) is 2.13. The number of benzene rings is 1. The molecule has 0 fully saturated rings. The Morgan fingerprint density at radius 2 is 1.72 bits per heavy atom. The van der Waals surface area contributed by atoms with Crippen LogP contribution < -0.4 is 10.0 Å². The summed E-state index contributed by atoms with van der Waals surface area (Å²) in [5.41, 5.74) is 0.480. The zero-order chi connectivity index (χ0) is 14.0. The molecule has 18 heavy (non-hydrogen) atoms. The number of hydrogen-bond acceptors (Lipinski definition) is 3. The Labute approximate surface area is 108 Å². The number of anilines is 2. The fourth-order valence-corrected chi connectivity index (χ4v) is 1.75. The van der Waals surface area contributed by atoms with Gasteiger partial charge in [0, 0.05) is 11.1 Å². The minimum absolute atomic E-state index is 0.126. The van der Waals surface area contributed by atoms with Gasteiger partial charge in [-0.15, -0.1) is 0 Å². The lowest BCUT2D eigenvalue weighted by Gasteiger charge is -2.18. The molecule has 1 aromatic carbocycles. The lowest BCUT2D eigenvalue weighted by molar-refractivity contribution is -0.123. The maximum atomic E-state index is 11.8. The Morgan fingerprint density at radius 1 is 1.17 bits per heavy atom. The summed E-state index contributed by atoms with van der Waals surface area (Å²) >= 11 is 0. The van der Waals surface area contributed by atoms with E-state index in [4.69, 9.17) is 0 Å². The summed E-state index contributed by atoms with van der Waals surface area (Å²) in [6.45, 7) is 5.42. The van der Waals surface area contributed by atoms with Gasteiger partial charge < -0.3 is 5.32 Å². The topological polar surface area (TPSA) is 75.3 Å². The van der Waals surface area contributed by atoms with Gasteiger partial charge in [0.05, 0.1) is 11.9 Å². The van der Waals surface area contributed by atoms with Crippen molar-refractivity contribution in [3.05, 3.63) is 24.3 Å². The maximum Gasteiger partial charge on any atom is 0.229 e. The fourth-order valence-electron chi connectivity index (χ4n) is 1.19. The SMILES string of the molecule is CC(C)(C)C(=O)Nc1cccc(NS(C)(=O)=O)c1. The van der Waals surface area contributed by atoms with Gasteiger partial charge in [0.1, 0.15) is 0 Å². The van der Waals surface area contributed by atoms with Crippen molar-refractivity contribution in [3.63, 3.8) is 0 Å². The quantitative estimate of drug-likeness (QED) is 0.882. The van der Waals surface area contributed by atoms with E-state index >= 15 is 0 Å². The number of rotatable bonds is 3. The molecule has 0 saturated heterocycles. The molecule has 5 nitrogen and oxygen atoms in total. The van der Waals surface area contributed by atoms with E-state index in [0.717, 1.165) is 6.26 Å². The molecule has 0 unspecified atom stereocenters. The summed E-state index contributed by atoms with van der Waals surface area (Å²) in [4.78, 5) is 11.8. The Balaban J connectivity index is 2.87. The first kappa shape index (κ1) is 14.5. The molecule has 0 radical (unpaired) electrons. The first-order chi connectivity index (χ1) is 8.08. The van der Waals surface area contributed by atoms with Crippen LogP contribution in [0.2, 0.25) is 0 Å².